The van der Waals surface area contributed by atoms with E-state index in [4.69, 9.17) is 0 Å². The molecule has 4 heterocycles. The number of rotatable bonds is 4. The number of hydrogen-bond donors (Lipinski definition) is 0. The molecule has 0 amide bonds. The van der Waals surface area contributed by atoms with E-state index in [-0.39, 0.29) is 0 Å². The first-order chi connectivity index (χ1) is 12.4. The van der Waals surface area contributed by atoms with Crippen LogP contribution in [0.3, 0.4) is 0 Å². The Bertz CT molecular complexity index is 913. The Kier molecular flexibility index (Phi) is 4.18. The normalized spacial score (nSPS) is 17.8. The zero-order valence-corrected chi connectivity index (χ0v) is 14.3. The third-order valence-corrected chi connectivity index (χ3v) is 4.78. The summed E-state index contributed by atoms with van der Waals surface area (Å²) in [5, 5.41) is 0. The summed E-state index contributed by atoms with van der Waals surface area (Å²) < 4.78 is 42.1. The maximum absolute atomic E-state index is 12.8. The Morgan fingerprint density at radius 1 is 1.31 bits per heavy atom. The van der Waals surface area contributed by atoms with Gasteiger partial charge in [-0.1, -0.05) is 0 Å². The van der Waals surface area contributed by atoms with Crippen molar-refractivity contribution in [1.29, 1.82) is 0 Å². The molecule has 1 aliphatic rings. The average Bonchev–Trinajstić information content (AvgIpc) is 3.19. The fraction of sp³-hybridized carbons (Fsp3) is 0.471. The number of nitrogens with zero attached hydrogens (tertiary/aromatic N) is 6. The van der Waals surface area contributed by atoms with Crippen molar-refractivity contribution in [2.75, 3.05) is 13.6 Å². The zero-order valence-electron chi connectivity index (χ0n) is 14.3. The first-order valence-electron chi connectivity index (χ1n) is 8.48. The highest BCUT2D eigenvalue weighted by molar-refractivity contribution is 5.36. The maximum atomic E-state index is 12.8. The van der Waals surface area contributed by atoms with E-state index in [9.17, 15) is 13.2 Å². The van der Waals surface area contributed by atoms with Crippen LogP contribution in [0, 0.1) is 5.92 Å². The van der Waals surface area contributed by atoms with E-state index in [0.29, 0.717) is 31.3 Å². The molecule has 0 aliphatic carbocycles. The van der Waals surface area contributed by atoms with Crippen LogP contribution in [0.4, 0.5) is 13.2 Å². The van der Waals surface area contributed by atoms with Crippen LogP contribution in [0.5, 0.6) is 0 Å². The number of alkyl halides is 3. The van der Waals surface area contributed by atoms with Gasteiger partial charge < -0.3 is 9.47 Å². The minimum absolute atomic E-state index is 0.295. The van der Waals surface area contributed by atoms with E-state index in [1.54, 1.807) is 17.0 Å². The van der Waals surface area contributed by atoms with Crippen LogP contribution in [-0.4, -0.2) is 42.4 Å². The predicted octanol–water partition coefficient (Wildman–Crippen LogP) is 2.64. The standard InChI is InChI=1S/C17H19F3N6/c1-24(10-13-6-22-16-7-21-4-5-26(13)16)8-12-2-3-15-23-14(17(18,19)20)11-25(15)9-12/h4-7,11-12H,2-3,8-10H2,1H3. The number of imidazole rings is 2. The number of hydrogen-bond acceptors (Lipinski definition) is 4. The first kappa shape index (κ1) is 17.0. The molecule has 3 aromatic rings. The van der Waals surface area contributed by atoms with Crippen LogP contribution in [0.25, 0.3) is 5.65 Å². The van der Waals surface area contributed by atoms with Gasteiger partial charge in [-0.2, -0.15) is 13.2 Å². The molecule has 1 aliphatic heterocycles. The van der Waals surface area contributed by atoms with E-state index in [0.717, 1.165) is 30.5 Å². The van der Waals surface area contributed by atoms with Crippen molar-refractivity contribution in [3.8, 4) is 0 Å². The quantitative estimate of drug-likeness (QED) is 0.714. The molecule has 0 bridgehead atoms. The Labute approximate surface area is 148 Å². The third kappa shape index (κ3) is 3.31. The van der Waals surface area contributed by atoms with Crippen molar-refractivity contribution >= 4 is 5.65 Å². The van der Waals surface area contributed by atoms with Gasteiger partial charge in [0, 0.05) is 44.6 Å². The molecule has 9 heteroatoms. The second kappa shape index (κ2) is 6.39. The molecular weight excluding hydrogens is 345 g/mol. The van der Waals surface area contributed by atoms with Crippen LogP contribution in [0.15, 0.2) is 31.0 Å². The summed E-state index contributed by atoms with van der Waals surface area (Å²) in [5.41, 5.74) is 1.07. The molecular formula is C17H19F3N6. The van der Waals surface area contributed by atoms with Gasteiger partial charge >= 0.3 is 6.18 Å². The van der Waals surface area contributed by atoms with Crippen LogP contribution in [0.2, 0.25) is 0 Å². The van der Waals surface area contributed by atoms with Gasteiger partial charge in [-0.15, -0.1) is 0 Å². The molecule has 1 unspecified atom stereocenters. The van der Waals surface area contributed by atoms with Crippen LogP contribution >= 0.6 is 0 Å². The molecule has 4 rings (SSSR count). The lowest BCUT2D eigenvalue weighted by Crippen LogP contribution is -2.31. The van der Waals surface area contributed by atoms with Gasteiger partial charge in [-0.25, -0.2) is 9.97 Å². The van der Waals surface area contributed by atoms with Crippen molar-refractivity contribution in [1.82, 2.24) is 28.8 Å². The Hall–Kier alpha value is -2.42. The largest absolute Gasteiger partial charge is 0.434 e. The minimum atomic E-state index is -4.38. The topological polar surface area (TPSA) is 51.3 Å². The summed E-state index contributed by atoms with van der Waals surface area (Å²) in [5.74, 6) is 0.828. The molecule has 0 aromatic carbocycles. The molecule has 1 atom stereocenters. The van der Waals surface area contributed by atoms with Crippen molar-refractivity contribution in [2.24, 2.45) is 5.92 Å². The van der Waals surface area contributed by atoms with Crippen molar-refractivity contribution in [3.63, 3.8) is 0 Å². The van der Waals surface area contributed by atoms with Gasteiger partial charge in [0.15, 0.2) is 11.3 Å². The van der Waals surface area contributed by atoms with E-state index in [2.05, 4.69) is 19.9 Å². The smallest absolute Gasteiger partial charge is 0.334 e. The Morgan fingerprint density at radius 2 is 2.15 bits per heavy atom. The number of halogens is 3. The monoisotopic (exact) mass is 364 g/mol. The third-order valence-electron chi connectivity index (χ3n) is 4.78. The number of fused-ring (bicyclic) bond motifs is 2. The van der Waals surface area contributed by atoms with E-state index in [1.165, 1.54) is 0 Å². The van der Waals surface area contributed by atoms with Gasteiger partial charge in [0.05, 0.1) is 18.1 Å². The molecule has 0 saturated carbocycles. The van der Waals surface area contributed by atoms with E-state index in [1.807, 2.05) is 23.8 Å². The molecule has 138 valence electrons. The Morgan fingerprint density at radius 3 is 2.96 bits per heavy atom. The molecule has 0 spiro atoms. The van der Waals surface area contributed by atoms with Crippen molar-refractivity contribution in [2.45, 2.75) is 32.1 Å². The van der Waals surface area contributed by atoms with Gasteiger partial charge in [0.25, 0.3) is 0 Å². The summed E-state index contributed by atoms with van der Waals surface area (Å²) in [6.45, 7) is 2.09. The molecule has 6 nitrogen and oxygen atoms in total. The molecule has 0 N–H and O–H groups in total. The lowest BCUT2D eigenvalue weighted by atomic mass is 9.99. The fourth-order valence-electron chi connectivity index (χ4n) is 3.59. The second-order valence-electron chi connectivity index (χ2n) is 6.85. The second-order valence-corrected chi connectivity index (χ2v) is 6.85. The summed E-state index contributed by atoms with van der Waals surface area (Å²) in [6, 6.07) is 0. The van der Waals surface area contributed by atoms with Gasteiger partial charge in [0.1, 0.15) is 5.82 Å². The molecule has 0 fully saturated rings. The summed E-state index contributed by atoms with van der Waals surface area (Å²) in [7, 11) is 2.02. The molecule has 3 aromatic heterocycles. The SMILES string of the molecule is CN(Cc1cnc2cnccn12)CC1CCc2nc(C(F)(F)F)cn2C1. The highest BCUT2D eigenvalue weighted by Gasteiger charge is 2.35. The van der Waals surface area contributed by atoms with Crippen molar-refractivity contribution in [3.05, 3.63) is 48.2 Å². The number of aromatic nitrogens is 5. The molecule has 26 heavy (non-hydrogen) atoms. The predicted molar refractivity (Wildman–Crippen MR) is 88.4 cm³/mol. The summed E-state index contributed by atoms with van der Waals surface area (Å²) in [4.78, 5) is 14.3. The van der Waals surface area contributed by atoms with Crippen molar-refractivity contribution < 1.29 is 13.2 Å². The van der Waals surface area contributed by atoms with E-state index >= 15 is 0 Å². The lowest BCUT2D eigenvalue weighted by Gasteiger charge is -2.28. The lowest BCUT2D eigenvalue weighted by molar-refractivity contribution is -0.141. The highest BCUT2D eigenvalue weighted by Crippen LogP contribution is 2.30. The van der Waals surface area contributed by atoms with E-state index < -0.39 is 11.9 Å². The van der Waals surface area contributed by atoms with Crippen LogP contribution in [0.1, 0.15) is 23.6 Å². The zero-order chi connectivity index (χ0) is 18.3. The summed E-state index contributed by atoms with van der Waals surface area (Å²) >= 11 is 0. The van der Waals surface area contributed by atoms with Crippen LogP contribution < -0.4 is 0 Å². The number of aryl methyl sites for hydroxylation is 1. The Balaban J connectivity index is 1.41. The first-order valence-corrected chi connectivity index (χ1v) is 8.48. The van der Waals surface area contributed by atoms with Crippen LogP contribution in [-0.2, 0) is 25.7 Å². The highest BCUT2D eigenvalue weighted by atomic mass is 19.4. The average molecular weight is 364 g/mol. The fourth-order valence-corrected chi connectivity index (χ4v) is 3.59. The summed E-state index contributed by atoms with van der Waals surface area (Å²) in [6.07, 6.45) is 5.32. The van der Waals surface area contributed by atoms with Gasteiger partial charge in [-0.3, -0.25) is 9.38 Å². The minimum Gasteiger partial charge on any atom is -0.334 e. The van der Waals surface area contributed by atoms with Gasteiger partial charge in [-0.05, 0) is 19.4 Å². The molecule has 0 saturated heterocycles. The molecule has 0 radical (unpaired) electrons. The maximum Gasteiger partial charge on any atom is 0.434 e. The van der Waals surface area contributed by atoms with Gasteiger partial charge in [0.2, 0.25) is 0 Å².